The smallest absolute Gasteiger partial charge is 0.331 e. The zero-order valence-corrected chi connectivity index (χ0v) is 7.90. The first-order valence-corrected chi connectivity index (χ1v) is 4.69. The van der Waals surface area contributed by atoms with Crippen molar-refractivity contribution in [3.05, 3.63) is 42.2 Å². The molecule has 0 amide bonds. The van der Waals surface area contributed by atoms with Crippen LogP contribution < -0.4 is 0 Å². The molecule has 0 fully saturated rings. The molecule has 74 valence electrons. The normalized spacial score (nSPS) is 15.5. The minimum Gasteiger partial charge on any atom is -0.457 e. The Bertz CT molecular complexity index is 530. The number of ether oxygens (including phenoxy) is 1. The van der Waals surface area contributed by atoms with Crippen LogP contribution in [0.4, 0.5) is 0 Å². The van der Waals surface area contributed by atoms with Gasteiger partial charge in [0.25, 0.3) is 0 Å². The molecular weight excluding hydrogens is 192 g/mol. The van der Waals surface area contributed by atoms with E-state index in [9.17, 15) is 4.79 Å². The lowest BCUT2D eigenvalue weighted by molar-refractivity contribution is -0.134. The second-order valence-corrected chi connectivity index (χ2v) is 3.43. The fraction of sp³-hybridized carbons (Fsp3) is 0.0833. The number of hydrogen-bond donors (Lipinski definition) is 0. The summed E-state index contributed by atoms with van der Waals surface area (Å²) in [5.74, 6) is 0.410. The second-order valence-electron chi connectivity index (χ2n) is 3.43. The lowest BCUT2D eigenvalue weighted by Gasteiger charge is -1.92. The van der Waals surface area contributed by atoms with Crippen LogP contribution in [-0.4, -0.2) is 12.6 Å². The lowest BCUT2D eigenvalue weighted by Crippen LogP contribution is -1.90. The van der Waals surface area contributed by atoms with E-state index in [4.69, 9.17) is 9.15 Å². The third-order valence-corrected chi connectivity index (χ3v) is 2.40. The van der Waals surface area contributed by atoms with Gasteiger partial charge in [-0.05, 0) is 12.1 Å². The average molecular weight is 200 g/mol. The second kappa shape index (κ2) is 2.98. The molecule has 0 saturated heterocycles. The van der Waals surface area contributed by atoms with Gasteiger partial charge in [-0.3, -0.25) is 0 Å². The van der Waals surface area contributed by atoms with Crippen molar-refractivity contribution in [2.24, 2.45) is 0 Å². The Morgan fingerprint density at radius 2 is 2.07 bits per heavy atom. The maximum absolute atomic E-state index is 10.9. The first kappa shape index (κ1) is 8.29. The Morgan fingerprint density at radius 1 is 1.20 bits per heavy atom. The number of furan rings is 1. The Morgan fingerprint density at radius 3 is 2.80 bits per heavy atom. The number of cyclic esters (lactones) is 1. The number of esters is 1. The van der Waals surface area contributed by atoms with E-state index in [2.05, 4.69) is 0 Å². The Balaban J connectivity index is 2.12. The molecule has 2 aromatic rings. The SMILES string of the molecule is O=C1C=C(c2cc3ccccc3o2)CO1. The molecule has 0 spiro atoms. The van der Waals surface area contributed by atoms with Crippen LogP contribution >= 0.6 is 0 Å². The van der Waals surface area contributed by atoms with Crippen molar-refractivity contribution >= 4 is 22.5 Å². The quantitative estimate of drug-likeness (QED) is 0.663. The van der Waals surface area contributed by atoms with Gasteiger partial charge in [-0.1, -0.05) is 18.2 Å². The number of hydrogen-bond acceptors (Lipinski definition) is 3. The summed E-state index contributed by atoms with van der Waals surface area (Å²) in [4.78, 5) is 10.9. The highest BCUT2D eigenvalue weighted by Crippen LogP contribution is 2.26. The van der Waals surface area contributed by atoms with Crippen molar-refractivity contribution in [2.75, 3.05) is 6.61 Å². The molecule has 0 N–H and O–H groups in total. The average Bonchev–Trinajstić information content (AvgIpc) is 2.82. The summed E-state index contributed by atoms with van der Waals surface area (Å²) >= 11 is 0. The third kappa shape index (κ3) is 1.32. The summed E-state index contributed by atoms with van der Waals surface area (Å²) in [7, 11) is 0. The van der Waals surface area contributed by atoms with Gasteiger partial charge in [-0.25, -0.2) is 4.79 Å². The van der Waals surface area contributed by atoms with E-state index >= 15 is 0 Å². The van der Waals surface area contributed by atoms with Gasteiger partial charge >= 0.3 is 5.97 Å². The van der Waals surface area contributed by atoms with E-state index in [0.717, 1.165) is 16.5 Å². The molecule has 0 radical (unpaired) electrons. The molecule has 3 nitrogen and oxygen atoms in total. The largest absolute Gasteiger partial charge is 0.457 e. The van der Waals surface area contributed by atoms with Gasteiger partial charge in [0.1, 0.15) is 18.0 Å². The summed E-state index contributed by atoms with van der Waals surface area (Å²) < 4.78 is 10.4. The molecule has 1 aliphatic rings. The number of rotatable bonds is 1. The minimum atomic E-state index is -0.301. The fourth-order valence-electron chi connectivity index (χ4n) is 1.66. The highest BCUT2D eigenvalue weighted by atomic mass is 16.5. The van der Waals surface area contributed by atoms with Crippen LogP contribution in [0.1, 0.15) is 5.76 Å². The Kier molecular flexibility index (Phi) is 1.65. The summed E-state index contributed by atoms with van der Waals surface area (Å²) in [5, 5.41) is 1.03. The van der Waals surface area contributed by atoms with Crippen LogP contribution in [-0.2, 0) is 9.53 Å². The maximum Gasteiger partial charge on any atom is 0.331 e. The number of para-hydroxylation sites is 1. The molecule has 2 heterocycles. The molecule has 15 heavy (non-hydrogen) atoms. The predicted molar refractivity (Wildman–Crippen MR) is 55.2 cm³/mol. The lowest BCUT2D eigenvalue weighted by atomic mass is 10.2. The molecule has 0 atom stereocenters. The number of benzene rings is 1. The van der Waals surface area contributed by atoms with Crippen LogP contribution in [0.5, 0.6) is 0 Å². The molecule has 3 rings (SSSR count). The van der Waals surface area contributed by atoms with Crippen LogP contribution in [0.2, 0.25) is 0 Å². The molecule has 0 saturated carbocycles. The van der Waals surface area contributed by atoms with E-state index in [-0.39, 0.29) is 5.97 Å². The number of carbonyl (C=O) groups is 1. The van der Waals surface area contributed by atoms with Gasteiger partial charge in [-0.2, -0.15) is 0 Å². The van der Waals surface area contributed by atoms with Crippen LogP contribution in [0.15, 0.2) is 40.8 Å². The van der Waals surface area contributed by atoms with Gasteiger partial charge < -0.3 is 9.15 Å². The van der Waals surface area contributed by atoms with Crippen molar-refractivity contribution < 1.29 is 13.9 Å². The molecule has 1 aromatic heterocycles. The molecule has 1 aromatic carbocycles. The van der Waals surface area contributed by atoms with E-state index in [1.165, 1.54) is 6.08 Å². The van der Waals surface area contributed by atoms with Crippen LogP contribution in [0.3, 0.4) is 0 Å². The molecule has 0 unspecified atom stereocenters. The predicted octanol–water partition coefficient (Wildman–Crippen LogP) is 2.37. The van der Waals surface area contributed by atoms with Crippen LogP contribution in [0, 0.1) is 0 Å². The van der Waals surface area contributed by atoms with E-state index in [1.807, 2.05) is 30.3 Å². The van der Waals surface area contributed by atoms with Gasteiger partial charge in [0, 0.05) is 17.0 Å². The van der Waals surface area contributed by atoms with E-state index < -0.39 is 0 Å². The van der Waals surface area contributed by atoms with E-state index in [1.54, 1.807) is 0 Å². The topological polar surface area (TPSA) is 39.4 Å². The molecule has 1 aliphatic heterocycles. The first-order valence-electron chi connectivity index (χ1n) is 4.69. The zero-order chi connectivity index (χ0) is 10.3. The fourth-order valence-corrected chi connectivity index (χ4v) is 1.66. The Hall–Kier alpha value is -2.03. The van der Waals surface area contributed by atoms with Crippen molar-refractivity contribution in [3.8, 4) is 0 Å². The van der Waals surface area contributed by atoms with Gasteiger partial charge in [-0.15, -0.1) is 0 Å². The van der Waals surface area contributed by atoms with Crippen LogP contribution in [0.25, 0.3) is 16.5 Å². The van der Waals surface area contributed by atoms with E-state index in [0.29, 0.717) is 12.4 Å². The van der Waals surface area contributed by atoms with Crippen molar-refractivity contribution in [2.45, 2.75) is 0 Å². The molecule has 0 bridgehead atoms. The summed E-state index contributed by atoms with van der Waals surface area (Å²) in [6, 6.07) is 9.66. The van der Waals surface area contributed by atoms with Crippen molar-refractivity contribution in [3.63, 3.8) is 0 Å². The number of fused-ring (bicyclic) bond motifs is 1. The third-order valence-electron chi connectivity index (χ3n) is 2.40. The van der Waals surface area contributed by atoms with Gasteiger partial charge in [0.2, 0.25) is 0 Å². The molecule has 3 heteroatoms. The van der Waals surface area contributed by atoms with Crippen molar-refractivity contribution in [1.82, 2.24) is 0 Å². The standard InChI is InChI=1S/C12H8O3/c13-12-6-9(7-14-12)11-5-8-3-1-2-4-10(8)15-11/h1-6H,7H2. The summed E-state index contributed by atoms with van der Waals surface area (Å²) in [6.45, 7) is 0.304. The highest BCUT2D eigenvalue weighted by Gasteiger charge is 2.17. The summed E-state index contributed by atoms with van der Waals surface area (Å²) in [6.07, 6.45) is 1.47. The first-order chi connectivity index (χ1) is 7.33. The number of carbonyl (C=O) groups excluding carboxylic acids is 1. The molecule has 0 aliphatic carbocycles. The zero-order valence-electron chi connectivity index (χ0n) is 7.90. The Labute approximate surface area is 85.9 Å². The summed E-state index contributed by atoms with van der Waals surface area (Å²) in [5.41, 5.74) is 1.63. The maximum atomic E-state index is 10.9. The van der Waals surface area contributed by atoms with Gasteiger partial charge in [0.05, 0.1) is 0 Å². The van der Waals surface area contributed by atoms with Crippen molar-refractivity contribution in [1.29, 1.82) is 0 Å². The monoisotopic (exact) mass is 200 g/mol. The molecular formula is C12H8O3. The van der Waals surface area contributed by atoms with Gasteiger partial charge in [0.15, 0.2) is 0 Å². The highest BCUT2D eigenvalue weighted by molar-refractivity contribution is 5.96. The minimum absolute atomic E-state index is 0.301.